The van der Waals surface area contributed by atoms with Crippen LogP contribution in [0.4, 0.5) is 5.69 Å². The van der Waals surface area contributed by atoms with Crippen molar-refractivity contribution in [3.05, 3.63) is 58.7 Å². The zero-order chi connectivity index (χ0) is 23.3. The summed E-state index contributed by atoms with van der Waals surface area (Å²) in [5.74, 6) is 0.798. The topological polar surface area (TPSA) is 73.1 Å². The van der Waals surface area contributed by atoms with Crippen LogP contribution < -0.4 is 9.54 Å². The molecule has 2 heterocycles. The van der Waals surface area contributed by atoms with E-state index in [4.69, 9.17) is 14.5 Å². The van der Waals surface area contributed by atoms with E-state index in [2.05, 4.69) is 16.9 Å². The summed E-state index contributed by atoms with van der Waals surface area (Å²) in [7, 11) is -1.86. The van der Waals surface area contributed by atoms with Gasteiger partial charge in [-0.3, -0.25) is 0 Å². The number of aromatic nitrogens is 1. The minimum Gasteiger partial charge on any atom is -0.497 e. The highest BCUT2D eigenvalue weighted by Gasteiger charge is 2.26. The van der Waals surface area contributed by atoms with Gasteiger partial charge in [0.25, 0.3) is 0 Å². The fourth-order valence-electron chi connectivity index (χ4n) is 3.68. The van der Waals surface area contributed by atoms with Gasteiger partial charge in [0.05, 0.1) is 36.6 Å². The lowest BCUT2D eigenvalue weighted by Crippen LogP contribution is -2.40. The number of benzene rings is 2. The van der Waals surface area contributed by atoms with Crippen LogP contribution in [-0.2, 0) is 21.3 Å². The van der Waals surface area contributed by atoms with Gasteiger partial charge in [-0.1, -0.05) is 25.5 Å². The van der Waals surface area contributed by atoms with Crippen molar-refractivity contribution in [1.29, 1.82) is 0 Å². The third-order valence-corrected chi connectivity index (χ3v) is 8.36. The number of sulfonamides is 1. The van der Waals surface area contributed by atoms with E-state index in [0.29, 0.717) is 31.2 Å². The Morgan fingerprint density at radius 2 is 1.76 bits per heavy atom. The Morgan fingerprint density at radius 3 is 2.39 bits per heavy atom. The van der Waals surface area contributed by atoms with Crippen molar-refractivity contribution in [2.75, 3.05) is 33.4 Å². The SMILES string of the molecule is CCCCn1c(-c2ccc(S(=O)(=O)N3CCOCC3)cc2)csc1=Nc1ccc(OC)cc1. The molecule has 1 aliphatic heterocycles. The van der Waals surface area contributed by atoms with Gasteiger partial charge in [-0.25, -0.2) is 13.4 Å². The van der Waals surface area contributed by atoms with Gasteiger partial charge in [0, 0.05) is 25.0 Å². The van der Waals surface area contributed by atoms with E-state index in [1.807, 2.05) is 36.4 Å². The number of morpholine rings is 1. The van der Waals surface area contributed by atoms with E-state index in [1.165, 1.54) is 4.31 Å². The molecule has 33 heavy (non-hydrogen) atoms. The summed E-state index contributed by atoms with van der Waals surface area (Å²) >= 11 is 1.58. The average molecular weight is 488 g/mol. The molecule has 1 aliphatic rings. The third kappa shape index (κ3) is 5.38. The minimum absolute atomic E-state index is 0.312. The van der Waals surface area contributed by atoms with Crippen LogP contribution in [0.5, 0.6) is 5.75 Å². The molecule has 0 radical (unpaired) electrons. The maximum Gasteiger partial charge on any atom is 0.243 e. The van der Waals surface area contributed by atoms with Gasteiger partial charge in [0.1, 0.15) is 5.75 Å². The van der Waals surface area contributed by atoms with Gasteiger partial charge < -0.3 is 14.0 Å². The molecule has 3 aromatic rings. The molecular formula is C24H29N3O4S2. The average Bonchev–Trinajstić information content (AvgIpc) is 3.26. The molecule has 4 rings (SSSR count). The number of unbranched alkanes of at least 4 members (excludes halogenated alkanes) is 1. The smallest absolute Gasteiger partial charge is 0.243 e. The molecule has 1 fully saturated rings. The van der Waals surface area contributed by atoms with E-state index in [0.717, 1.165) is 46.9 Å². The van der Waals surface area contributed by atoms with Gasteiger partial charge in [-0.05, 0) is 48.4 Å². The molecule has 2 aromatic carbocycles. The Kier molecular flexibility index (Phi) is 7.64. The third-order valence-electron chi connectivity index (χ3n) is 5.59. The van der Waals surface area contributed by atoms with Crippen molar-refractivity contribution in [1.82, 2.24) is 8.87 Å². The van der Waals surface area contributed by atoms with E-state index >= 15 is 0 Å². The van der Waals surface area contributed by atoms with E-state index in [-0.39, 0.29) is 0 Å². The number of methoxy groups -OCH3 is 1. The van der Waals surface area contributed by atoms with E-state index < -0.39 is 10.0 Å². The fourth-order valence-corrected chi connectivity index (χ4v) is 6.05. The Morgan fingerprint density at radius 1 is 1.06 bits per heavy atom. The van der Waals surface area contributed by atoms with Crippen LogP contribution in [0.25, 0.3) is 11.3 Å². The number of ether oxygens (including phenoxy) is 2. The molecule has 0 unspecified atom stereocenters. The van der Waals surface area contributed by atoms with Crippen LogP contribution >= 0.6 is 11.3 Å². The molecule has 0 atom stereocenters. The van der Waals surface area contributed by atoms with Crippen molar-refractivity contribution in [2.24, 2.45) is 4.99 Å². The largest absolute Gasteiger partial charge is 0.497 e. The van der Waals surface area contributed by atoms with Crippen molar-refractivity contribution in [3.8, 4) is 17.0 Å². The summed E-state index contributed by atoms with van der Waals surface area (Å²) in [6, 6.07) is 14.8. The Labute approximate surface area is 199 Å². The molecule has 176 valence electrons. The molecule has 1 saturated heterocycles. The highest BCUT2D eigenvalue weighted by Crippen LogP contribution is 2.25. The zero-order valence-electron chi connectivity index (χ0n) is 18.9. The quantitative estimate of drug-likeness (QED) is 0.475. The van der Waals surface area contributed by atoms with Crippen molar-refractivity contribution < 1.29 is 17.9 Å². The molecule has 1 aromatic heterocycles. The maximum absolute atomic E-state index is 12.9. The van der Waals surface area contributed by atoms with Crippen LogP contribution in [-0.4, -0.2) is 50.7 Å². The summed E-state index contributed by atoms with van der Waals surface area (Å²) in [4.78, 5) is 6.07. The second-order valence-electron chi connectivity index (χ2n) is 7.76. The highest BCUT2D eigenvalue weighted by molar-refractivity contribution is 7.89. The maximum atomic E-state index is 12.9. The molecule has 0 bridgehead atoms. The first-order valence-corrected chi connectivity index (χ1v) is 13.4. The molecule has 0 amide bonds. The zero-order valence-corrected chi connectivity index (χ0v) is 20.6. The monoisotopic (exact) mass is 487 g/mol. The summed E-state index contributed by atoms with van der Waals surface area (Å²) in [5.41, 5.74) is 2.87. The van der Waals surface area contributed by atoms with Gasteiger partial charge >= 0.3 is 0 Å². The standard InChI is InChI=1S/C24H29N3O4S2/c1-3-4-13-27-23(18-32-24(27)25-20-7-9-21(30-2)10-8-20)19-5-11-22(12-6-19)33(28,29)26-14-16-31-17-15-26/h5-12,18H,3-4,13-17H2,1-2H3. The molecule has 0 N–H and O–H groups in total. The summed E-state index contributed by atoms with van der Waals surface area (Å²) in [6.45, 7) is 4.66. The normalized spacial score (nSPS) is 15.6. The predicted molar refractivity (Wildman–Crippen MR) is 130 cm³/mol. The summed E-state index contributed by atoms with van der Waals surface area (Å²) in [5, 5.41) is 2.09. The highest BCUT2D eigenvalue weighted by atomic mass is 32.2. The van der Waals surface area contributed by atoms with Crippen LogP contribution in [0, 0.1) is 0 Å². The summed E-state index contributed by atoms with van der Waals surface area (Å²) in [6.07, 6.45) is 2.10. The first-order chi connectivity index (χ1) is 16.0. The first-order valence-electron chi connectivity index (χ1n) is 11.1. The van der Waals surface area contributed by atoms with Crippen LogP contribution in [0.2, 0.25) is 0 Å². The first kappa shape index (κ1) is 23.7. The Hall–Kier alpha value is -2.46. The lowest BCUT2D eigenvalue weighted by molar-refractivity contribution is 0.0730. The molecule has 0 spiro atoms. The van der Waals surface area contributed by atoms with E-state index in [1.54, 1.807) is 30.6 Å². The summed E-state index contributed by atoms with van der Waals surface area (Å²) < 4.78 is 40.1. The van der Waals surface area contributed by atoms with E-state index in [9.17, 15) is 8.42 Å². The predicted octanol–water partition coefficient (Wildman–Crippen LogP) is 4.28. The number of nitrogens with zero attached hydrogens (tertiary/aromatic N) is 3. The van der Waals surface area contributed by atoms with Gasteiger partial charge in [-0.15, -0.1) is 11.3 Å². The number of hydrogen-bond acceptors (Lipinski definition) is 6. The van der Waals surface area contributed by atoms with Crippen LogP contribution in [0.3, 0.4) is 0 Å². The van der Waals surface area contributed by atoms with Crippen LogP contribution in [0.15, 0.2) is 63.8 Å². The van der Waals surface area contributed by atoms with Crippen LogP contribution in [0.1, 0.15) is 19.8 Å². The van der Waals surface area contributed by atoms with Crippen molar-refractivity contribution in [2.45, 2.75) is 31.2 Å². The lowest BCUT2D eigenvalue weighted by atomic mass is 10.1. The Bertz CT molecular complexity index is 1220. The van der Waals surface area contributed by atoms with Gasteiger partial charge in [0.2, 0.25) is 10.0 Å². The Balaban J connectivity index is 1.66. The lowest BCUT2D eigenvalue weighted by Gasteiger charge is -2.26. The minimum atomic E-state index is -3.51. The van der Waals surface area contributed by atoms with Gasteiger partial charge in [-0.2, -0.15) is 4.31 Å². The number of rotatable bonds is 8. The van der Waals surface area contributed by atoms with Crippen molar-refractivity contribution in [3.63, 3.8) is 0 Å². The molecule has 7 nitrogen and oxygen atoms in total. The number of hydrogen-bond donors (Lipinski definition) is 0. The number of thiazole rings is 1. The molecule has 0 aliphatic carbocycles. The molecule has 0 saturated carbocycles. The van der Waals surface area contributed by atoms with Gasteiger partial charge in [0.15, 0.2) is 4.80 Å². The van der Waals surface area contributed by atoms with Crippen molar-refractivity contribution >= 4 is 27.0 Å². The molecular weight excluding hydrogens is 458 g/mol. The molecule has 9 heteroatoms. The second kappa shape index (κ2) is 10.6. The second-order valence-corrected chi connectivity index (χ2v) is 10.5. The fraction of sp³-hybridized carbons (Fsp3) is 0.375.